The van der Waals surface area contributed by atoms with Crippen LogP contribution in [-0.4, -0.2) is 19.5 Å². The van der Waals surface area contributed by atoms with E-state index in [4.69, 9.17) is 15.2 Å². The van der Waals surface area contributed by atoms with Crippen molar-refractivity contribution in [3.63, 3.8) is 0 Å². The maximum atomic E-state index is 12.8. The summed E-state index contributed by atoms with van der Waals surface area (Å²) in [7, 11) is 1.56. The Morgan fingerprint density at radius 1 is 1.29 bits per heavy atom. The summed E-state index contributed by atoms with van der Waals surface area (Å²) >= 11 is 3.44. The van der Waals surface area contributed by atoms with Crippen molar-refractivity contribution >= 4 is 27.4 Å². The van der Waals surface area contributed by atoms with Gasteiger partial charge < -0.3 is 15.2 Å². The molecular formula is C16H14BrNO3. The van der Waals surface area contributed by atoms with E-state index in [1.165, 1.54) is 0 Å². The monoisotopic (exact) mass is 347 g/mol. The van der Waals surface area contributed by atoms with Gasteiger partial charge in [-0.05, 0) is 35.9 Å². The molecule has 0 radical (unpaired) electrons. The first kappa shape index (κ1) is 13.9. The number of carbonyl (C=O) groups excluding carboxylic acids is 1. The second-order valence-corrected chi connectivity index (χ2v) is 5.74. The SMILES string of the molecule is COc1ccc(N)c(C(=O)c2cc(Br)cc3c2OCC3)c1. The van der Waals surface area contributed by atoms with Crippen LogP contribution in [0, 0.1) is 0 Å². The molecule has 4 nitrogen and oxygen atoms in total. The van der Waals surface area contributed by atoms with Crippen LogP contribution in [-0.2, 0) is 6.42 Å². The number of fused-ring (bicyclic) bond motifs is 1. The lowest BCUT2D eigenvalue weighted by Crippen LogP contribution is -2.07. The van der Waals surface area contributed by atoms with Crippen LogP contribution in [0.5, 0.6) is 11.5 Å². The van der Waals surface area contributed by atoms with E-state index >= 15 is 0 Å². The van der Waals surface area contributed by atoms with E-state index in [1.54, 1.807) is 31.4 Å². The Morgan fingerprint density at radius 3 is 2.86 bits per heavy atom. The van der Waals surface area contributed by atoms with E-state index in [1.807, 2.05) is 6.07 Å². The van der Waals surface area contributed by atoms with E-state index in [9.17, 15) is 4.79 Å². The minimum absolute atomic E-state index is 0.161. The van der Waals surface area contributed by atoms with Crippen LogP contribution >= 0.6 is 15.9 Å². The fourth-order valence-electron chi connectivity index (χ4n) is 2.44. The van der Waals surface area contributed by atoms with Gasteiger partial charge in [0, 0.05) is 22.1 Å². The number of carbonyl (C=O) groups is 1. The highest BCUT2D eigenvalue weighted by atomic mass is 79.9. The van der Waals surface area contributed by atoms with Gasteiger partial charge in [0.05, 0.1) is 19.3 Å². The first-order valence-corrected chi connectivity index (χ1v) is 7.33. The Bertz CT molecular complexity index is 728. The fourth-order valence-corrected chi connectivity index (χ4v) is 2.95. The van der Waals surface area contributed by atoms with Gasteiger partial charge in [-0.1, -0.05) is 15.9 Å². The van der Waals surface area contributed by atoms with Crippen LogP contribution in [0.1, 0.15) is 21.5 Å². The Balaban J connectivity index is 2.11. The fraction of sp³-hybridized carbons (Fsp3) is 0.188. The van der Waals surface area contributed by atoms with Crippen LogP contribution in [0.2, 0.25) is 0 Å². The van der Waals surface area contributed by atoms with Crippen molar-refractivity contribution in [2.45, 2.75) is 6.42 Å². The maximum absolute atomic E-state index is 12.8. The quantitative estimate of drug-likeness (QED) is 0.684. The second-order valence-electron chi connectivity index (χ2n) is 4.82. The summed E-state index contributed by atoms with van der Waals surface area (Å²) in [6.45, 7) is 0.597. The zero-order valence-corrected chi connectivity index (χ0v) is 13.1. The van der Waals surface area contributed by atoms with Crippen molar-refractivity contribution in [2.24, 2.45) is 0 Å². The molecule has 0 aliphatic carbocycles. The minimum atomic E-state index is -0.161. The van der Waals surface area contributed by atoms with Gasteiger partial charge in [-0.2, -0.15) is 0 Å². The largest absolute Gasteiger partial charge is 0.497 e. The number of ether oxygens (including phenoxy) is 2. The smallest absolute Gasteiger partial charge is 0.199 e. The Kier molecular flexibility index (Phi) is 3.59. The predicted molar refractivity (Wildman–Crippen MR) is 84.2 cm³/mol. The molecule has 5 heteroatoms. The average molecular weight is 348 g/mol. The van der Waals surface area contributed by atoms with Gasteiger partial charge in [0.1, 0.15) is 11.5 Å². The summed E-state index contributed by atoms with van der Waals surface area (Å²) < 4.78 is 11.6. The van der Waals surface area contributed by atoms with Crippen molar-refractivity contribution in [3.8, 4) is 11.5 Å². The molecule has 2 N–H and O–H groups in total. The number of halogens is 1. The Hall–Kier alpha value is -2.01. The van der Waals surface area contributed by atoms with E-state index < -0.39 is 0 Å². The standard InChI is InChI=1S/C16H14BrNO3/c1-20-11-2-3-14(18)12(8-11)15(19)13-7-10(17)6-9-4-5-21-16(9)13/h2-3,6-8H,4-5,18H2,1H3. The number of ketones is 1. The molecule has 2 aromatic rings. The number of anilines is 1. The topological polar surface area (TPSA) is 61.5 Å². The number of hydrogen-bond donors (Lipinski definition) is 1. The molecule has 0 bridgehead atoms. The summed E-state index contributed by atoms with van der Waals surface area (Å²) in [6.07, 6.45) is 0.808. The first-order chi connectivity index (χ1) is 10.1. The molecule has 0 atom stereocenters. The maximum Gasteiger partial charge on any atom is 0.199 e. The summed E-state index contributed by atoms with van der Waals surface area (Å²) in [6, 6.07) is 8.80. The third kappa shape index (κ3) is 2.49. The minimum Gasteiger partial charge on any atom is -0.497 e. The normalized spacial score (nSPS) is 12.7. The molecule has 0 amide bonds. The summed E-state index contributed by atoms with van der Waals surface area (Å²) in [5, 5.41) is 0. The lowest BCUT2D eigenvalue weighted by Gasteiger charge is -2.11. The van der Waals surface area contributed by atoms with Gasteiger partial charge in [0.25, 0.3) is 0 Å². The first-order valence-electron chi connectivity index (χ1n) is 6.53. The molecule has 0 unspecified atom stereocenters. The number of rotatable bonds is 3. The molecule has 3 rings (SSSR count). The van der Waals surface area contributed by atoms with Crippen molar-refractivity contribution in [2.75, 3.05) is 19.5 Å². The highest BCUT2D eigenvalue weighted by Crippen LogP contribution is 2.35. The summed E-state index contributed by atoms with van der Waals surface area (Å²) in [5.41, 5.74) is 8.34. The van der Waals surface area contributed by atoms with E-state index in [0.29, 0.717) is 34.9 Å². The highest BCUT2D eigenvalue weighted by Gasteiger charge is 2.24. The number of benzene rings is 2. The van der Waals surface area contributed by atoms with Crippen molar-refractivity contribution in [1.29, 1.82) is 0 Å². The zero-order chi connectivity index (χ0) is 15.0. The molecule has 0 saturated carbocycles. The molecule has 1 aliphatic heterocycles. The van der Waals surface area contributed by atoms with E-state index in [-0.39, 0.29) is 5.78 Å². The van der Waals surface area contributed by atoms with E-state index in [0.717, 1.165) is 16.5 Å². The van der Waals surface area contributed by atoms with Crippen LogP contribution in [0.25, 0.3) is 0 Å². The lowest BCUT2D eigenvalue weighted by atomic mass is 9.98. The van der Waals surface area contributed by atoms with Crippen LogP contribution < -0.4 is 15.2 Å². The molecule has 21 heavy (non-hydrogen) atoms. The molecule has 1 heterocycles. The second kappa shape index (κ2) is 5.41. The predicted octanol–water partition coefficient (Wildman–Crippen LogP) is 3.21. The molecule has 0 aromatic heterocycles. The van der Waals surface area contributed by atoms with E-state index in [2.05, 4.69) is 15.9 Å². The highest BCUT2D eigenvalue weighted by molar-refractivity contribution is 9.10. The molecule has 0 fully saturated rings. The molecular weight excluding hydrogens is 334 g/mol. The van der Waals surface area contributed by atoms with Gasteiger partial charge in [0.2, 0.25) is 0 Å². The Labute approximate surface area is 131 Å². The van der Waals surface area contributed by atoms with Gasteiger partial charge in [-0.3, -0.25) is 4.79 Å². The number of methoxy groups -OCH3 is 1. The third-order valence-corrected chi connectivity index (χ3v) is 3.96. The third-order valence-electron chi connectivity index (χ3n) is 3.50. The van der Waals surface area contributed by atoms with Crippen molar-refractivity contribution in [1.82, 2.24) is 0 Å². The van der Waals surface area contributed by atoms with Crippen LogP contribution in [0.4, 0.5) is 5.69 Å². The van der Waals surface area contributed by atoms with Crippen LogP contribution in [0.15, 0.2) is 34.8 Å². The molecule has 1 aliphatic rings. The van der Waals surface area contributed by atoms with Gasteiger partial charge in [-0.25, -0.2) is 0 Å². The Morgan fingerprint density at radius 2 is 2.10 bits per heavy atom. The van der Waals surface area contributed by atoms with Gasteiger partial charge in [-0.15, -0.1) is 0 Å². The molecule has 2 aromatic carbocycles. The number of hydrogen-bond acceptors (Lipinski definition) is 4. The number of nitrogens with two attached hydrogens (primary N) is 1. The average Bonchev–Trinajstić information content (AvgIpc) is 2.94. The van der Waals surface area contributed by atoms with Gasteiger partial charge >= 0.3 is 0 Å². The van der Waals surface area contributed by atoms with Crippen molar-refractivity contribution < 1.29 is 14.3 Å². The zero-order valence-electron chi connectivity index (χ0n) is 11.5. The summed E-state index contributed by atoms with van der Waals surface area (Å²) in [4.78, 5) is 12.8. The molecule has 108 valence electrons. The van der Waals surface area contributed by atoms with Crippen LogP contribution in [0.3, 0.4) is 0 Å². The van der Waals surface area contributed by atoms with Gasteiger partial charge in [0.15, 0.2) is 5.78 Å². The molecule has 0 spiro atoms. The lowest BCUT2D eigenvalue weighted by molar-refractivity contribution is 0.103. The molecule has 0 saturated heterocycles. The number of nitrogen functional groups attached to an aromatic ring is 1. The van der Waals surface area contributed by atoms with Crippen molar-refractivity contribution in [3.05, 3.63) is 51.5 Å². The summed E-state index contributed by atoms with van der Waals surface area (Å²) in [5.74, 6) is 1.09.